The zero-order chi connectivity index (χ0) is 23.7. The SMILES string of the molecule is Cc1ccc(NC(=O)CSc2nnc(-c3c[nH]c4ccccc34)n2-c2ccc(Cl)cc2)cc1C. The Bertz CT molecular complexity index is 1490. The van der Waals surface area contributed by atoms with Gasteiger partial charge >= 0.3 is 0 Å². The number of nitrogens with one attached hydrogen (secondary N) is 2. The van der Waals surface area contributed by atoms with Crippen molar-refractivity contribution in [2.75, 3.05) is 11.1 Å². The molecule has 8 heteroatoms. The first-order valence-corrected chi connectivity index (χ1v) is 12.1. The Labute approximate surface area is 206 Å². The van der Waals surface area contributed by atoms with Crippen LogP contribution in [-0.4, -0.2) is 31.4 Å². The van der Waals surface area contributed by atoms with Gasteiger partial charge in [-0.25, -0.2) is 0 Å². The Kier molecular flexibility index (Phi) is 6.13. The van der Waals surface area contributed by atoms with E-state index in [1.54, 1.807) is 0 Å². The first kappa shape index (κ1) is 22.3. The minimum atomic E-state index is -0.104. The van der Waals surface area contributed by atoms with Gasteiger partial charge in [0.25, 0.3) is 0 Å². The molecule has 1 amide bonds. The van der Waals surface area contributed by atoms with Crippen molar-refractivity contribution in [2.45, 2.75) is 19.0 Å². The van der Waals surface area contributed by atoms with E-state index in [0.717, 1.165) is 33.4 Å². The molecule has 0 radical (unpaired) electrons. The van der Waals surface area contributed by atoms with Crippen LogP contribution in [0.1, 0.15) is 11.1 Å². The quantitative estimate of drug-likeness (QED) is 0.271. The van der Waals surface area contributed by atoms with Gasteiger partial charge in [-0.3, -0.25) is 9.36 Å². The highest BCUT2D eigenvalue weighted by atomic mass is 35.5. The standard InChI is InChI=1S/C26H22ClN5OS/c1-16-7-10-19(13-17(16)2)29-24(33)15-34-26-31-30-25(32(26)20-11-8-18(27)9-12-20)22-14-28-23-6-4-3-5-21(22)23/h3-14,28H,15H2,1-2H3,(H,29,33). The fourth-order valence-electron chi connectivity index (χ4n) is 3.76. The van der Waals surface area contributed by atoms with Crippen molar-refractivity contribution >= 4 is 45.9 Å². The van der Waals surface area contributed by atoms with Crippen LogP contribution in [0, 0.1) is 13.8 Å². The van der Waals surface area contributed by atoms with E-state index in [1.807, 2.05) is 91.3 Å². The van der Waals surface area contributed by atoms with E-state index in [4.69, 9.17) is 11.6 Å². The van der Waals surface area contributed by atoms with Crippen LogP contribution in [0.25, 0.3) is 28.0 Å². The van der Waals surface area contributed by atoms with E-state index in [1.165, 1.54) is 17.3 Å². The van der Waals surface area contributed by atoms with E-state index < -0.39 is 0 Å². The molecule has 0 spiro atoms. The van der Waals surface area contributed by atoms with E-state index in [0.29, 0.717) is 16.0 Å². The number of benzene rings is 3. The zero-order valence-electron chi connectivity index (χ0n) is 18.7. The number of halogens is 1. The highest BCUT2D eigenvalue weighted by Gasteiger charge is 2.20. The topological polar surface area (TPSA) is 75.6 Å². The van der Waals surface area contributed by atoms with Crippen LogP contribution in [0.4, 0.5) is 5.69 Å². The first-order valence-electron chi connectivity index (χ1n) is 10.8. The number of aromatic amines is 1. The van der Waals surface area contributed by atoms with Gasteiger partial charge < -0.3 is 10.3 Å². The van der Waals surface area contributed by atoms with Gasteiger partial charge in [-0.15, -0.1) is 10.2 Å². The largest absolute Gasteiger partial charge is 0.360 e. The molecule has 5 rings (SSSR count). The Morgan fingerprint density at radius 3 is 2.62 bits per heavy atom. The van der Waals surface area contributed by atoms with Gasteiger partial charge in [0.2, 0.25) is 5.91 Å². The molecule has 170 valence electrons. The molecule has 0 unspecified atom stereocenters. The number of hydrogen-bond donors (Lipinski definition) is 2. The second-order valence-electron chi connectivity index (χ2n) is 8.00. The summed E-state index contributed by atoms with van der Waals surface area (Å²) in [6, 6.07) is 21.4. The molecule has 0 aliphatic rings. The molecule has 0 bridgehead atoms. The van der Waals surface area contributed by atoms with Crippen LogP contribution >= 0.6 is 23.4 Å². The van der Waals surface area contributed by atoms with Crippen LogP contribution in [0.15, 0.2) is 78.1 Å². The summed E-state index contributed by atoms with van der Waals surface area (Å²) in [6.45, 7) is 4.08. The van der Waals surface area contributed by atoms with Crippen molar-refractivity contribution in [2.24, 2.45) is 0 Å². The van der Waals surface area contributed by atoms with E-state index >= 15 is 0 Å². The molecule has 0 fully saturated rings. The number of aromatic nitrogens is 4. The molecule has 6 nitrogen and oxygen atoms in total. The number of aryl methyl sites for hydroxylation is 2. The van der Waals surface area contributed by atoms with Crippen molar-refractivity contribution in [3.8, 4) is 17.1 Å². The molecule has 3 aromatic carbocycles. The highest BCUT2D eigenvalue weighted by molar-refractivity contribution is 7.99. The van der Waals surface area contributed by atoms with Crippen LogP contribution in [0.5, 0.6) is 0 Å². The van der Waals surface area contributed by atoms with Gasteiger partial charge in [-0.05, 0) is 67.4 Å². The maximum Gasteiger partial charge on any atom is 0.234 e. The molecule has 0 saturated carbocycles. The molecule has 0 aliphatic carbocycles. The number of carbonyl (C=O) groups is 1. The van der Waals surface area contributed by atoms with Gasteiger partial charge in [0.1, 0.15) is 0 Å². The van der Waals surface area contributed by atoms with Gasteiger partial charge in [0, 0.05) is 39.1 Å². The molecular formula is C26H22ClN5OS. The monoisotopic (exact) mass is 487 g/mol. The molecule has 34 heavy (non-hydrogen) atoms. The number of anilines is 1. The summed E-state index contributed by atoms with van der Waals surface area (Å²) < 4.78 is 1.96. The lowest BCUT2D eigenvalue weighted by Crippen LogP contribution is -2.14. The lowest BCUT2D eigenvalue weighted by molar-refractivity contribution is -0.113. The second-order valence-corrected chi connectivity index (χ2v) is 9.38. The van der Waals surface area contributed by atoms with Crippen LogP contribution in [0.2, 0.25) is 5.02 Å². The third kappa shape index (κ3) is 4.44. The second kappa shape index (κ2) is 9.37. The number of rotatable bonds is 6. The Morgan fingerprint density at radius 1 is 1.03 bits per heavy atom. The number of hydrogen-bond acceptors (Lipinski definition) is 4. The van der Waals surface area contributed by atoms with Gasteiger partial charge in [0.15, 0.2) is 11.0 Å². The molecular weight excluding hydrogens is 466 g/mol. The maximum atomic E-state index is 12.7. The predicted octanol–water partition coefficient (Wildman–Crippen LogP) is 6.42. The lowest BCUT2D eigenvalue weighted by atomic mass is 10.1. The summed E-state index contributed by atoms with van der Waals surface area (Å²) in [6.07, 6.45) is 1.93. The summed E-state index contributed by atoms with van der Waals surface area (Å²) in [5.74, 6) is 0.788. The average Bonchev–Trinajstić information content (AvgIpc) is 3.44. The smallest absolute Gasteiger partial charge is 0.234 e. The van der Waals surface area contributed by atoms with Gasteiger partial charge in [0.05, 0.1) is 5.75 Å². The number of carbonyl (C=O) groups excluding carboxylic acids is 1. The summed E-state index contributed by atoms with van der Waals surface area (Å²) in [4.78, 5) is 16.0. The number of H-pyrrole nitrogens is 1. The Morgan fingerprint density at radius 2 is 1.82 bits per heavy atom. The van der Waals surface area contributed by atoms with E-state index in [9.17, 15) is 4.79 Å². The minimum Gasteiger partial charge on any atom is -0.360 e. The zero-order valence-corrected chi connectivity index (χ0v) is 20.2. The lowest BCUT2D eigenvalue weighted by Gasteiger charge is -2.11. The minimum absolute atomic E-state index is 0.104. The van der Waals surface area contributed by atoms with Crippen molar-refractivity contribution in [3.63, 3.8) is 0 Å². The van der Waals surface area contributed by atoms with Crippen molar-refractivity contribution < 1.29 is 4.79 Å². The van der Waals surface area contributed by atoms with Crippen molar-refractivity contribution in [1.82, 2.24) is 19.7 Å². The summed E-state index contributed by atoms with van der Waals surface area (Å²) in [5.41, 5.74) is 5.93. The molecule has 2 heterocycles. The molecule has 5 aromatic rings. The number of nitrogens with zero attached hydrogens (tertiary/aromatic N) is 3. The van der Waals surface area contributed by atoms with E-state index in [2.05, 4.69) is 20.5 Å². The van der Waals surface area contributed by atoms with Crippen LogP contribution < -0.4 is 5.32 Å². The van der Waals surface area contributed by atoms with Crippen molar-refractivity contribution in [1.29, 1.82) is 0 Å². The van der Waals surface area contributed by atoms with Crippen LogP contribution in [0.3, 0.4) is 0 Å². The molecule has 0 atom stereocenters. The number of para-hydroxylation sites is 1. The fourth-order valence-corrected chi connectivity index (χ4v) is 4.64. The summed E-state index contributed by atoms with van der Waals surface area (Å²) >= 11 is 7.47. The van der Waals surface area contributed by atoms with Crippen molar-refractivity contribution in [3.05, 3.63) is 89.1 Å². The summed E-state index contributed by atoms with van der Waals surface area (Å²) in [7, 11) is 0. The molecule has 0 aliphatic heterocycles. The number of fused-ring (bicyclic) bond motifs is 1. The van der Waals surface area contributed by atoms with Gasteiger partial charge in [-0.2, -0.15) is 0 Å². The highest BCUT2D eigenvalue weighted by Crippen LogP contribution is 2.32. The number of thioether (sulfide) groups is 1. The Balaban J connectivity index is 1.45. The van der Waals surface area contributed by atoms with E-state index in [-0.39, 0.29) is 11.7 Å². The predicted molar refractivity (Wildman–Crippen MR) is 139 cm³/mol. The normalized spacial score (nSPS) is 11.1. The first-order chi connectivity index (χ1) is 16.5. The fraction of sp³-hybridized carbons (Fsp3) is 0.115. The third-order valence-corrected chi connectivity index (χ3v) is 6.85. The third-order valence-electron chi connectivity index (χ3n) is 5.67. The molecule has 0 saturated heterocycles. The average molecular weight is 488 g/mol. The number of amides is 1. The summed E-state index contributed by atoms with van der Waals surface area (Å²) in [5, 5.41) is 14.2. The molecule has 2 N–H and O–H groups in total. The van der Waals surface area contributed by atoms with Crippen LogP contribution in [-0.2, 0) is 4.79 Å². The Hall–Kier alpha value is -3.55. The maximum absolute atomic E-state index is 12.7. The van der Waals surface area contributed by atoms with Gasteiger partial charge in [-0.1, -0.05) is 47.6 Å². The molecule has 2 aromatic heterocycles.